The molecule has 2 aliphatic heterocycles. The van der Waals surface area contributed by atoms with Crippen LogP contribution in [-0.2, 0) is 20.0 Å². The molecular formula is C7H14N2O4S2. The lowest BCUT2D eigenvalue weighted by molar-refractivity contribution is 0.314. The van der Waals surface area contributed by atoms with E-state index in [0.717, 1.165) is 6.42 Å². The minimum atomic E-state index is -3.44. The van der Waals surface area contributed by atoms with E-state index in [-0.39, 0.29) is 17.5 Å². The third-order valence-corrected chi connectivity index (χ3v) is 6.18. The van der Waals surface area contributed by atoms with E-state index in [1.807, 2.05) is 0 Å². The van der Waals surface area contributed by atoms with Gasteiger partial charge in [0.25, 0.3) is 10.2 Å². The first-order chi connectivity index (χ1) is 6.91. The highest BCUT2D eigenvalue weighted by Crippen LogP contribution is 2.21. The van der Waals surface area contributed by atoms with Crippen molar-refractivity contribution in [1.29, 1.82) is 0 Å². The molecule has 0 aromatic carbocycles. The van der Waals surface area contributed by atoms with Crippen LogP contribution < -0.4 is 4.72 Å². The highest BCUT2D eigenvalue weighted by molar-refractivity contribution is 7.91. The van der Waals surface area contributed by atoms with Crippen molar-refractivity contribution in [3.05, 3.63) is 0 Å². The van der Waals surface area contributed by atoms with E-state index in [1.54, 1.807) is 0 Å². The summed E-state index contributed by atoms with van der Waals surface area (Å²) in [6.45, 7) is 0.869. The van der Waals surface area contributed by atoms with Gasteiger partial charge in [-0.15, -0.1) is 0 Å². The van der Waals surface area contributed by atoms with Gasteiger partial charge in [-0.3, -0.25) is 0 Å². The zero-order chi connectivity index (χ0) is 11.1. The van der Waals surface area contributed by atoms with Crippen LogP contribution >= 0.6 is 0 Å². The van der Waals surface area contributed by atoms with Crippen LogP contribution in [0, 0.1) is 0 Å². The van der Waals surface area contributed by atoms with Crippen molar-refractivity contribution < 1.29 is 16.8 Å². The van der Waals surface area contributed by atoms with Crippen LogP contribution in [0.3, 0.4) is 0 Å². The number of hydrogen-bond acceptors (Lipinski definition) is 4. The average Bonchev–Trinajstić information content (AvgIpc) is 2.45. The summed E-state index contributed by atoms with van der Waals surface area (Å²) in [5.41, 5.74) is 0. The molecule has 0 aromatic rings. The molecule has 2 rings (SSSR count). The Balaban J connectivity index is 2.17. The molecular weight excluding hydrogens is 240 g/mol. The number of rotatable bonds is 1. The summed E-state index contributed by atoms with van der Waals surface area (Å²) < 4.78 is 49.4. The highest BCUT2D eigenvalue weighted by Gasteiger charge is 2.38. The van der Waals surface area contributed by atoms with Gasteiger partial charge in [0.05, 0.1) is 11.5 Å². The second-order valence-electron chi connectivity index (χ2n) is 3.92. The quantitative estimate of drug-likeness (QED) is 0.631. The maximum Gasteiger partial charge on any atom is 0.279 e. The molecule has 0 radical (unpaired) electrons. The minimum Gasteiger partial charge on any atom is -0.229 e. The lowest BCUT2D eigenvalue weighted by Crippen LogP contribution is -2.51. The molecule has 1 N–H and O–H groups in total. The molecule has 1 unspecified atom stereocenters. The number of nitrogens with one attached hydrogen (secondary N) is 1. The van der Waals surface area contributed by atoms with Crippen molar-refractivity contribution in [2.45, 2.75) is 18.9 Å². The summed E-state index contributed by atoms with van der Waals surface area (Å²) >= 11 is 0. The standard InChI is InChI=1S/C7H14N2O4S2/c10-14(11)5-2-7(6-14)9-4-1-3-8-15(9,12)13/h7-8H,1-6H2. The van der Waals surface area contributed by atoms with E-state index in [9.17, 15) is 16.8 Å². The topological polar surface area (TPSA) is 83.6 Å². The Kier molecular flexibility index (Phi) is 2.78. The van der Waals surface area contributed by atoms with Crippen LogP contribution in [0.15, 0.2) is 0 Å². The summed E-state index contributed by atoms with van der Waals surface area (Å²) in [5, 5.41) is 0. The Morgan fingerprint density at radius 1 is 1.20 bits per heavy atom. The third-order valence-electron chi connectivity index (χ3n) is 2.76. The van der Waals surface area contributed by atoms with Crippen LogP contribution in [0.4, 0.5) is 0 Å². The molecule has 2 heterocycles. The Morgan fingerprint density at radius 3 is 2.47 bits per heavy atom. The molecule has 2 fully saturated rings. The molecule has 2 saturated heterocycles. The first-order valence-corrected chi connectivity index (χ1v) is 8.14. The summed E-state index contributed by atoms with van der Waals surface area (Å²) in [7, 11) is -6.47. The fourth-order valence-electron chi connectivity index (χ4n) is 2.02. The van der Waals surface area contributed by atoms with Crippen LogP contribution in [0.25, 0.3) is 0 Å². The molecule has 1 atom stereocenters. The molecule has 0 aromatic heterocycles. The largest absolute Gasteiger partial charge is 0.279 e. The Hall–Kier alpha value is -0.180. The molecule has 0 spiro atoms. The van der Waals surface area contributed by atoms with E-state index in [2.05, 4.69) is 4.72 Å². The predicted molar refractivity (Wildman–Crippen MR) is 55.3 cm³/mol. The number of sulfone groups is 1. The maximum atomic E-state index is 11.6. The van der Waals surface area contributed by atoms with E-state index in [0.29, 0.717) is 19.5 Å². The van der Waals surface area contributed by atoms with Gasteiger partial charge in [-0.1, -0.05) is 0 Å². The van der Waals surface area contributed by atoms with Gasteiger partial charge in [-0.25, -0.2) is 13.1 Å². The zero-order valence-electron chi connectivity index (χ0n) is 8.22. The lowest BCUT2D eigenvalue weighted by Gasteiger charge is -2.30. The number of nitrogens with zero attached hydrogens (tertiary/aromatic N) is 1. The van der Waals surface area contributed by atoms with Crippen LogP contribution in [0.2, 0.25) is 0 Å². The van der Waals surface area contributed by atoms with Gasteiger partial charge in [0, 0.05) is 19.1 Å². The Morgan fingerprint density at radius 2 is 1.93 bits per heavy atom. The summed E-state index contributed by atoms with van der Waals surface area (Å²) in [5.74, 6) is 0.0671. The lowest BCUT2D eigenvalue weighted by atomic mass is 10.2. The van der Waals surface area contributed by atoms with Crippen molar-refractivity contribution in [3.8, 4) is 0 Å². The Bertz CT molecular complexity index is 442. The molecule has 15 heavy (non-hydrogen) atoms. The average molecular weight is 254 g/mol. The molecule has 8 heteroatoms. The van der Waals surface area contributed by atoms with Gasteiger partial charge in [0.1, 0.15) is 0 Å². The molecule has 0 aliphatic carbocycles. The summed E-state index contributed by atoms with van der Waals surface area (Å²) in [4.78, 5) is 0. The van der Waals surface area contributed by atoms with Crippen molar-refractivity contribution >= 4 is 20.0 Å². The predicted octanol–water partition coefficient (Wildman–Crippen LogP) is -1.29. The van der Waals surface area contributed by atoms with Crippen molar-refractivity contribution in [3.63, 3.8) is 0 Å². The van der Waals surface area contributed by atoms with Gasteiger partial charge in [0.15, 0.2) is 9.84 Å². The van der Waals surface area contributed by atoms with E-state index in [4.69, 9.17) is 0 Å². The maximum absolute atomic E-state index is 11.6. The summed E-state index contributed by atoms with van der Waals surface area (Å²) in [6, 6.07) is -0.368. The van der Waals surface area contributed by atoms with Crippen molar-refractivity contribution in [1.82, 2.24) is 9.03 Å². The molecule has 0 amide bonds. The fourth-order valence-corrected chi connectivity index (χ4v) is 5.36. The van der Waals surface area contributed by atoms with E-state index in [1.165, 1.54) is 4.31 Å². The molecule has 0 bridgehead atoms. The first kappa shape index (κ1) is 11.3. The van der Waals surface area contributed by atoms with Crippen LogP contribution in [-0.4, -0.2) is 51.8 Å². The SMILES string of the molecule is O=S1(=O)CCC(N2CCCNS2(=O)=O)C1. The zero-order valence-corrected chi connectivity index (χ0v) is 9.85. The van der Waals surface area contributed by atoms with Gasteiger partial charge >= 0.3 is 0 Å². The monoisotopic (exact) mass is 254 g/mol. The van der Waals surface area contributed by atoms with E-state index < -0.39 is 20.0 Å². The summed E-state index contributed by atoms with van der Waals surface area (Å²) in [6.07, 6.45) is 1.15. The fraction of sp³-hybridized carbons (Fsp3) is 1.00. The smallest absolute Gasteiger partial charge is 0.229 e. The molecule has 88 valence electrons. The third kappa shape index (κ3) is 2.32. The van der Waals surface area contributed by atoms with Crippen molar-refractivity contribution in [2.75, 3.05) is 24.6 Å². The molecule has 0 saturated carbocycles. The van der Waals surface area contributed by atoms with Crippen LogP contribution in [0.1, 0.15) is 12.8 Å². The van der Waals surface area contributed by atoms with Crippen molar-refractivity contribution in [2.24, 2.45) is 0 Å². The Labute approximate surface area is 89.7 Å². The van der Waals surface area contributed by atoms with Gasteiger partial charge in [-0.05, 0) is 12.8 Å². The second kappa shape index (κ2) is 3.69. The highest BCUT2D eigenvalue weighted by atomic mass is 32.2. The normalized spacial score (nSPS) is 35.3. The first-order valence-electron chi connectivity index (χ1n) is 4.88. The van der Waals surface area contributed by atoms with E-state index >= 15 is 0 Å². The van der Waals surface area contributed by atoms with Gasteiger partial charge in [-0.2, -0.15) is 12.7 Å². The van der Waals surface area contributed by atoms with Gasteiger partial charge < -0.3 is 0 Å². The van der Waals surface area contributed by atoms with Gasteiger partial charge in [0.2, 0.25) is 0 Å². The van der Waals surface area contributed by atoms with Crippen LogP contribution in [0.5, 0.6) is 0 Å². The molecule has 2 aliphatic rings. The number of hydrogen-bond donors (Lipinski definition) is 1. The second-order valence-corrected chi connectivity index (χ2v) is 7.86. The minimum absolute atomic E-state index is 0.0338. The molecule has 6 nitrogen and oxygen atoms in total.